The van der Waals surface area contributed by atoms with Gasteiger partial charge in [-0.15, -0.1) is 0 Å². The Morgan fingerprint density at radius 2 is 1.90 bits per heavy atom. The summed E-state index contributed by atoms with van der Waals surface area (Å²) in [5.74, 6) is -0.509. The van der Waals surface area contributed by atoms with Gasteiger partial charge in [0.05, 0.1) is 6.04 Å². The minimum Gasteiger partial charge on any atom is -0.462 e. The number of hydrogen-bond acceptors (Lipinski definition) is 4. The summed E-state index contributed by atoms with van der Waals surface area (Å²) in [6, 6.07) is 8.44. The molecule has 5 nitrogen and oxygen atoms in total. The largest absolute Gasteiger partial charge is 0.462 e. The van der Waals surface area contributed by atoms with Crippen LogP contribution in [-0.2, 0) is 14.3 Å². The average Bonchev–Trinajstić information content (AvgIpc) is 2.50. The number of amides is 1. The molecule has 2 rings (SSSR count). The van der Waals surface area contributed by atoms with Crippen LogP contribution in [0.15, 0.2) is 42.5 Å². The third-order valence-corrected chi connectivity index (χ3v) is 3.33. The molecule has 0 spiro atoms. The van der Waals surface area contributed by atoms with Gasteiger partial charge in [0.15, 0.2) is 0 Å². The number of rotatable bonds is 1. The highest BCUT2D eigenvalue weighted by atomic mass is 16.5. The predicted molar refractivity (Wildman–Crippen MR) is 79.3 cm³/mol. The predicted octanol–water partition coefficient (Wildman–Crippen LogP) is 1.45. The van der Waals surface area contributed by atoms with E-state index in [1.165, 1.54) is 0 Å². The lowest BCUT2D eigenvalue weighted by molar-refractivity contribution is -0.146. The number of esters is 1. The summed E-state index contributed by atoms with van der Waals surface area (Å²) in [6.07, 6.45) is 5.15. The van der Waals surface area contributed by atoms with E-state index in [9.17, 15) is 9.59 Å². The molecule has 21 heavy (non-hydrogen) atoms. The molecule has 0 fully saturated rings. The van der Waals surface area contributed by atoms with Crippen LogP contribution in [0.1, 0.15) is 30.9 Å². The van der Waals surface area contributed by atoms with E-state index in [0.717, 1.165) is 5.56 Å². The van der Waals surface area contributed by atoms with Gasteiger partial charge in [0.2, 0.25) is 5.91 Å². The highest BCUT2D eigenvalue weighted by Gasteiger charge is 2.20. The number of benzene rings is 1. The molecule has 0 aromatic heterocycles. The van der Waals surface area contributed by atoms with Gasteiger partial charge in [0.25, 0.3) is 0 Å². The average molecular weight is 288 g/mol. The molecule has 1 amide bonds. The molecule has 1 aromatic rings. The monoisotopic (exact) mass is 288 g/mol. The first-order valence-corrected chi connectivity index (χ1v) is 7.08. The molecule has 0 bridgehead atoms. The van der Waals surface area contributed by atoms with Crippen LogP contribution in [-0.4, -0.2) is 24.5 Å². The maximum absolute atomic E-state index is 11.9. The minimum atomic E-state index is -0.659. The van der Waals surface area contributed by atoms with E-state index in [1.54, 1.807) is 0 Å². The van der Waals surface area contributed by atoms with Crippen molar-refractivity contribution in [3.63, 3.8) is 0 Å². The van der Waals surface area contributed by atoms with Crippen LogP contribution in [0.5, 0.6) is 0 Å². The van der Waals surface area contributed by atoms with Crippen LogP contribution in [0.3, 0.4) is 0 Å². The highest BCUT2D eigenvalue weighted by Crippen LogP contribution is 2.14. The van der Waals surface area contributed by atoms with Crippen LogP contribution in [0.2, 0.25) is 0 Å². The third kappa shape index (κ3) is 4.72. The van der Waals surface area contributed by atoms with Crippen molar-refractivity contribution in [1.29, 1.82) is 0 Å². The van der Waals surface area contributed by atoms with E-state index in [-0.39, 0.29) is 18.6 Å². The Hall–Kier alpha value is -2.14. The Bertz CT molecular complexity index is 514. The standard InChI is InChI=1S/C16H20N2O3/c17-13-9-5-2-6-10-15(19)18-14(11-21-16(13)20)12-7-3-1-4-8-12/h1-5,7-8,13-14H,6,9-11,17H2,(H,18,19)/b5-2+/t13-,14-/m0/s1. The molecule has 3 N–H and O–H groups in total. The van der Waals surface area contributed by atoms with Gasteiger partial charge in [-0.05, 0) is 18.4 Å². The second-order valence-corrected chi connectivity index (χ2v) is 5.01. The summed E-state index contributed by atoms with van der Waals surface area (Å²) in [6.45, 7) is 0.0893. The lowest BCUT2D eigenvalue weighted by Crippen LogP contribution is -2.36. The van der Waals surface area contributed by atoms with Gasteiger partial charge in [-0.25, -0.2) is 0 Å². The zero-order valence-corrected chi connectivity index (χ0v) is 11.8. The Morgan fingerprint density at radius 3 is 2.67 bits per heavy atom. The number of allylic oxidation sites excluding steroid dienone is 1. The minimum absolute atomic E-state index is 0.0607. The van der Waals surface area contributed by atoms with Crippen molar-refractivity contribution in [1.82, 2.24) is 5.32 Å². The van der Waals surface area contributed by atoms with Crippen molar-refractivity contribution in [3.05, 3.63) is 48.0 Å². The van der Waals surface area contributed by atoms with E-state index in [2.05, 4.69) is 5.32 Å². The topological polar surface area (TPSA) is 81.4 Å². The quantitative estimate of drug-likeness (QED) is 0.605. The van der Waals surface area contributed by atoms with E-state index in [1.807, 2.05) is 42.5 Å². The second-order valence-electron chi connectivity index (χ2n) is 5.01. The van der Waals surface area contributed by atoms with Crippen LogP contribution >= 0.6 is 0 Å². The van der Waals surface area contributed by atoms with Gasteiger partial charge < -0.3 is 15.8 Å². The molecule has 0 saturated heterocycles. The van der Waals surface area contributed by atoms with Gasteiger partial charge in [-0.2, -0.15) is 0 Å². The van der Waals surface area contributed by atoms with Crippen LogP contribution in [0.25, 0.3) is 0 Å². The molecule has 2 atom stereocenters. The van der Waals surface area contributed by atoms with E-state index < -0.39 is 12.0 Å². The second kappa shape index (κ2) is 7.59. The lowest BCUT2D eigenvalue weighted by atomic mass is 10.1. The fraction of sp³-hybridized carbons (Fsp3) is 0.375. The van der Waals surface area contributed by atoms with Crippen molar-refractivity contribution in [2.75, 3.05) is 6.61 Å². The molecule has 1 aromatic carbocycles. The Labute approximate surface area is 124 Å². The molecule has 1 aliphatic rings. The SMILES string of the molecule is N[C@H]1C/C=C/CCC(=O)N[C@H](c2ccccc2)COC1=O. The van der Waals surface area contributed by atoms with Gasteiger partial charge in [0, 0.05) is 6.42 Å². The van der Waals surface area contributed by atoms with Gasteiger partial charge in [0.1, 0.15) is 12.6 Å². The fourth-order valence-electron chi connectivity index (χ4n) is 2.12. The molecule has 0 saturated carbocycles. The number of ether oxygens (including phenoxy) is 1. The summed E-state index contributed by atoms with van der Waals surface area (Å²) in [5.41, 5.74) is 6.66. The smallest absolute Gasteiger partial charge is 0.323 e. The normalized spacial score (nSPS) is 26.0. The first kappa shape index (κ1) is 15.3. The maximum Gasteiger partial charge on any atom is 0.323 e. The van der Waals surface area contributed by atoms with E-state index in [0.29, 0.717) is 19.3 Å². The van der Waals surface area contributed by atoms with Crippen molar-refractivity contribution in [2.45, 2.75) is 31.3 Å². The highest BCUT2D eigenvalue weighted by molar-refractivity contribution is 5.77. The molecule has 5 heteroatoms. The van der Waals surface area contributed by atoms with Crippen LogP contribution in [0, 0.1) is 0 Å². The fourth-order valence-corrected chi connectivity index (χ4v) is 2.12. The molecule has 0 unspecified atom stereocenters. The number of nitrogens with two attached hydrogens (primary N) is 1. The molecule has 0 aliphatic carbocycles. The number of hydrogen-bond donors (Lipinski definition) is 2. The Balaban J connectivity index is 2.13. The maximum atomic E-state index is 11.9. The third-order valence-electron chi connectivity index (χ3n) is 3.33. The van der Waals surface area contributed by atoms with Crippen molar-refractivity contribution in [2.24, 2.45) is 5.73 Å². The molecule has 1 aliphatic heterocycles. The Kier molecular flexibility index (Phi) is 5.51. The Morgan fingerprint density at radius 1 is 1.14 bits per heavy atom. The van der Waals surface area contributed by atoms with E-state index in [4.69, 9.17) is 10.5 Å². The van der Waals surface area contributed by atoms with Gasteiger partial charge in [-0.3, -0.25) is 9.59 Å². The number of cyclic esters (lactones) is 1. The van der Waals surface area contributed by atoms with Crippen LogP contribution in [0.4, 0.5) is 0 Å². The molecule has 0 radical (unpaired) electrons. The summed E-state index contributed by atoms with van der Waals surface area (Å²) in [4.78, 5) is 23.7. The number of carbonyl (C=O) groups excluding carboxylic acids is 2. The molecule has 112 valence electrons. The van der Waals surface area contributed by atoms with Gasteiger partial charge >= 0.3 is 5.97 Å². The summed E-state index contributed by atoms with van der Waals surface area (Å²) in [5, 5.41) is 2.90. The zero-order valence-electron chi connectivity index (χ0n) is 11.8. The summed E-state index contributed by atoms with van der Waals surface area (Å²) in [7, 11) is 0. The lowest BCUT2D eigenvalue weighted by Gasteiger charge is -2.20. The first-order chi connectivity index (χ1) is 10.2. The number of carbonyl (C=O) groups is 2. The molecular weight excluding hydrogens is 268 g/mol. The van der Waals surface area contributed by atoms with Gasteiger partial charge in [-0.1, -0.05) is 42.5 Å². The van der Waals surface area contributed by atoms with Crippen molar-refractivity contribution in [3.8, 4) is 0 Å². The molecule has 1 heterocycles. The summed E-state index contributed by atoms with van der Waals surface area (Å²) >= 11 is 0. The van der Waals surface area contributed by atoms with Crippen LogP contribution < -0.4 is 11.1 Å². The van der Waals surface area contributed by atoms with E-state index >= 15 is 0 Å². The number of nitrogens with one attached hydrogen (secondary N) is 1. The van der Waals surface area contributed by atoms with Crippen molar-refractivity contribution >= 4 is 11.9 Å². The molecular formula is C16H20N2O3. The van der Waals surface area contributed by atoms with Crippen molar-refractivity contribution < 1.29 is 14.3 Å². The first-order valence-electron chi connectivity index (χ1n) is 7.08. The zero-order chi connectivity index (χ0) is 15.1. The summed E-state index contributed by atoms with van der Waals surface area (Å²) < 4.78 is 5.23.